The minimum atomic E-state index is -0.294. The number of piperidine rings is 1. The molecule has 1 aromatic rings. The smallest absolute Gasteiger partial charge is 0.246 e. The topological polar surface area (TPSA) is 67.2 Å². The molecule has 18 heavy (non-hydrogen) atoms. The summed E-state index contributed by atoms with van der Waals surface area (Å²) in [4.78, 5) is 24.5. The monoisotopic (exact) mass is 250 g/mol. The maximum atomic E-state index is 11.9. The van der Waals surface area contributed by atoms with Crippen LogP contribution in [0.2, 0.25) is 0 Å². The second kappa shape index (κ2) is 4.89. The van der Waals surface area contributed by atoms with E-state index in [1.807, 2.05) is 20.0 Å². The predicted octanol–water partition coefficient (Wildman–Crippen LogP) is 0.218. The van der Waals surface area contributed by atoms with E-state index in [9.17, 15) is 9.59 Å². The molecule has 1 N–H and O–H groups in total. The first kappa shape index (κ1) is 12.8. The van der Waals surface area contributed by atoms with Gasteiger partial charge in [0.25, 0.3) is 0 Å². The van der Waals surface area contributed by atoms with Gasteiger partial charge in [-0.25, -0.2) is 0 Å². The van der Waals surface area contributed by atoms with Crippen molar-refractivity contribution in [2.45, 2.75) is 31.8 Å². The van der Waals surface area contributed by atoms with Crippen molar-refractivity contribution in [2.75, 3.05) is 7.05 Å². The van der Waals surface area contributed by atoms with Gasteiger partial charge in [-0.3, -0.25) is 24.5 Å². The molecule has 2 heterocycles. The van der Waals surface area contributed by atoms with Crippen molar-refractivity contribution >= 4 is 11.8 Å². The maximum Gasteiger partial charge on any atom is 0.246 e. The third kappa shape index (κ3) is 2.28. The largest absolute Gasteiger partial charge is 0.298 e. The standard InChI is InChI=1S/C12H18N4O2/c1-8(10-6-7-13-16(10)3)14-9-4-5-11(17)15(2)12(9)18/h6-9,14H,4-5H2,1-3H3. The van der Waals surface area contributed by atoms with E-state index in [-0.39, 0.29) is 23.9 Å². The molecule has 0 aromatic carbocycles. The van der Waals surface area contributed by atoms with Crippen molar-refractivity contribution in [3.8, 4) is 0 Å². The van der Waals surface area contributed by atoms with Gasteiger partial charge in [0.1, 0.15) is 0 Å². The van der Waals surface area contributed by atoms with E-state index in [0.29, 0.717) is 12.8 Å². The Labute approximate surface area is 106 Å². The first-order valence-electron chi connectivity index (χ1n) is 6.05. The zero-order valence-corrected chi connectivity index (χ0v) is 10.9. The number of nitrogens with one attached hydrogen (secondary N) is 1. The number of nitrogens with zero attached hydrogens (tertiary/aromatic N) is 3. The van der Waals surface area contributed by atoms with E-state index in [4.69, 9.17) is 0 Å². The molecular weight excluding hydrogens is 232 g/mol. The average molecular weight is 250 g/mol. The van der Waals surface area contributed by atoms with Gasteiger partial charge in [0.2, 0.25) is 11.8 Å². The molecule has 2 amide bonds. The van der Waals surface area contributed by atoms with Gasteiger partial charge in [-0.15, -0.1) is 0 Å². The third-order valence-corrected chi connectivity index (χ3v) is 3.40. The molecule has 0 spiro atoms. The lowest BCUT2D eigenvalue weighted by molar-refractivity contribution is -0.148. The van der Waals surface area contributed by atoms with Gasteiger partial charge < -0.3 is 0 Å². The van der Waals surface area contributed by atoms with Crippen LogP contribution in [0.1, 0.15) is 31.5 Å². The molecule has 0 bridgehead atoms. The Morgan fingerprint density at radius 2 is 2.17 bits per heavy atom. The number of carbonyl (C=O) groups is 2. The number of aryl methyl sites for hydroxylation is 1. The quantitative estimate of drug-likeness (QED) is 0.779. The summed E-state index contributed by atoms with van der Waals surface area (Å²) in [5, 5.41) is 7.36. The highest BCUT2D eigenvalue weighted by atomic mass is 16.2. The van der Waals surface area contributed by atoms with Crippen LogP contribution in [0.3, 0.4) is 0 Å². The van der Waals surface area contributed by atoms with E-state index in [0.717, 1.165) is 5.69 Å². The van der Waals surface area contributed by atoms with Crippen molar-refractivity contribution < 1.29 is 9.59 Å². The highest BCUT2D eigenvalue weighted by molar-refractivity contribution is 6.00. The average Bonchev–Trinajstić information content (AvgIpc) is 2.76. The summed E-state index contributed by atoms with van der Waals surface area (Å²) < 4.78 is 1.78. The summed E-state index contributed by atoms with van der Waals surface area (Å²) in [5.41, 5.74) is 1.02. The van der Waals surface area contributed by atoms with E-state index >= 15 is 0 Å². The fraction of sp³-hybridized carbons (Fsp3) is 0.583. The second-order valence-electron chi connectivity index (χ2n) is 4.65. The summed E-state index contributed by atoms with van der Waals surface area (Å²) in [6, 6.07) is 1.64. The molecule has 2 atom stereocenters. The zero-order valence-electron chi connectivity index (χ0n) is 10.9. The summed E-state index contributed by atoms with van der Waals surface area (Å²) in [7, 11) is 3.40. The van der Waals surface area contributed by atoms with Crippen molar-refractivity contribution in [3.05, 3.63) is 18.0 Å². The van der Waals surface area contributed by atoms with Crippen molar-refractivity contribution in [3.63, 3.8) is 0 Å². The number of imide groups is 1. The van der Waals surface area contributed by atoms with Gasteiger partial charge in [0, 0.05) is 32.8 Å². The normalized spacial score (nSPS) is 22.4. The van der Waals surface area contributed by atoms with Crippen molar-refractivity contribution in [1.29, 1.82) is 0 Å². The van der Waals surface area contributed by atoms with Gasteiger partial charge >= 0.3 is 0 Å². The van der Waals surface area contributed by atoms with Crippen LogP contribution in [-0.2, 0) is 16.6 Å². The molecule has 6 heteroatoms. The number of hydrogen-bond acceptors (Lipinski definition) is 4. The van der Waals surface area contributed by atoms with Crippen LogP contribution in [0, 0.1) is 0 Å². The molecule has 2 unspecified atom stereocenters. The predicted molar refractivity (Wildman–Crippen MR) is 65.6 cm³/mol. The van der Waals surface area contributed by atoms with Crippen LogP contribution in [0.25, 0.3) is 0 Å². The lowest BCUT2D eigenvalue weighted by Crippen LogP contribution is -2.52. The molecule has 1 aromatic heterocycles. The minimum Gasteiger partial charge on any atom is -0.298 e. The molecule has 0 saturated carbocycles. The molecule has 1 aliphatic heterocycles. The van der Waals surface area contributed by atoms with Gasteiger partial charge in [-0.2, -0.15) is 5.10 Å². The number of amides is 2. The molecule has 1 saturated heterocycles. The Hall–Kier alpha value is -1.69. The molecule has 0 radical (unpaired) electrons. The minimum absolute atomic E-state index is 0.0213. The summed E-state index contributed by atoms with van der Waals surface area (Å²) in [6.07, 6.45) is 2.70. The second-order valence-corrected chi connectivity index (χ2v) is 4.65. The van der Waals surface area contributed by atoms with Gasteiger partial charge in [0.05, 0.1) is 11.7 Å². The SMILES string of the molecule is CC(NC1CCC(=O)N(C)C1=O)c1ccnn1C. The van der Waals surface area contributed by atoms with Crippen molar-refractivity contribution in [2.24, 2.45) is 7.05 Å². The van der Waals surface area contributed by atoms with Gasteiger partial charge in [-0.1, -0.05) is 0 Å². The highest BCUT2D eigenvalue weighted by Gasteiger charge is 2.32. The van der Waals surface area contributed by atoms with E-state index in [2.05, 4.69) is 10.4 Å². The Morgan fingerprint density at radius 3 is 2.78 bits per heavy atom. The van der Waals surface area contributed by atoms with Crippen LogP contribution in [-0.4, -0.2) is 39.6 Å². The number of aromatic nitrogens is 2. The number of rotatable bonds is 3. The molecule has 2 rings (SSSR count). The molecule has 1 aliphatic rings. The van der Waals surface area contributed by atoms with Gasteiger partial charge in [-0.05, 0) is 19.4 Å². The number of hydrogen-bond donors (Lipinski definition) is 1. The van der Waals surface area contributed by atoms with Crippen LogP contribution < -0.4 is 5.32 Å². The first-order chi connectivity index (χ1) is 8.50. The number of likely N-dealkylation sites (tertiary alicyclic amines) is 1. The zero-order chi connectivity index (χ0) is 13.3. The van der Waals surface area contributed by atoms with Crippen LogP contribution in [0.15, 0.2) is 12.3 Å². The van der Waals surface area contributed by atoms with Crippen LogP contribution >= 0.6 is 0 Å². The number of likely N-dealkylation sites (N-methyl/N-ethyl adjacent to an activating group) is 1. The Bertz CT molecular complexity index is 468. The molecule has 6 nitrogen and oxygen atoms in total. The molecule has 1 fully saturated rings. The molecule has 98 valence electrons. The summed E-state index contributed by atoms with van der Waals surface area (Å²) >= 11 is 0. The lowest BCUT2D eigenvalue weighted by atomic mass is 10.0. The van der Waals surface area contributed by atoms with Crippen molar-refractivity contribution in [1.82, 2.24) is 20.0 Å². The Balaban J connectivity index is 2.04. The Morgan fingerprint density at radius 1 is 1.44 bits per heavy atom. The maximum absolute atomic E-state index is 11.9. The third-order valence-electron chi connectivity index (χ3n) is 3.40. The highest BCUT2D eigenvalue weighted by Crippen LogP contribution is 2.17. The Kier molecular flexibility index (Phi) is 3.47. The van der Waals surface area contributed by atoms with E-state index in [1.165, 1.54) is 11.9 Å². The van der Waals surface area contributed by atoms with Crippen LogP contribution in [0.5, 0.6) is 0 Å². The summed E-state index contributed by atoms with van der Waals surface area (Å²) in [6.45, 7) is 1.99. The fourth-order valence-electron chi connectivity index (χ4n) is 2.27. The van der Waals surface area contributed by atoms with E-state index < -0.39 is 0 Å². The van der Waals surface area contributed by atoms with Crippen LogP contribution in [0.4, 0.5) is 0 Å². The van der Waals surface area contributed by atoms with E-state index in [1.54, 1.807) is 10.9 Å². The molecule has 0 aliphatic carbocycles. The van der Waals surface area contributed by atoms with Gasteiger partial charge in [0.15, 0.2) is 0 Å². The summed E-state index contributed by atoms with van der Waals surface area (Å²) in [5.74, 6) is -0.258. The molecular formula is C12H18N4O2. The lowest BCUT2D eigenvalue weighted by Gasteiger charge is -2.30. The first-order valence-corrected chi connectivity index (χ1v) is 6.05. The fourth-order valence-corrected chi connectivity index (χ4v) is 2.27. The number of carbonyl (C=O) groups excluding carboxylic acids is 2.